The Bertz CT molecular complexity index is 1550. The number of carbonyl (C=O) groups excluding carboxylic acids is 3. The van der Waals surface area contributed by atoms with Gasteiger partial charge in [-0.2, -0.15) is 0 Å². The summed E-state index contributed by atoms with van der Waals surface area (Å²) in [7, 11) is 5.91. The Balaban J connectivity index is 4.28. The van der Waals surface area contributed by atoms with Gasteiger partial charge in [0.15, 0.2) is 12.4 Å². The molecule has 0 aliphatic carbocycles. The fourth-order valence-corrected chi connectivity index (χ4v) is 8.16. The zero-order valence-electron chi connectivity index (χ0n) is 48.9. The molecule has 9 heteroatoms. The average molecular weight is 1050 g/mol. The Morgan fingerprint density at radius 2 is 0.760 bits per heavy atom. The monoisotopic (exact) mass is 1050 g/mol. The van der Waals surface area contributed by atoms with Crippen molar-refractivity contribution in [2.24, 2.45) is 0 Å². The molecule has 2 atom stereocenters. The van der Waals surface area contributed by atoms with Crippen molar-refractivity contribution in [3.8, 4) is 0 Å². The second-order valence-corrected chi connectivity index (χ2v) is 21.3. The summed E-state index contributed by atoms with van der Waals surface area (Å²) in [4.78, 5) is 37.3. The zero-order chi connectivity index (χ0) is 54.8. The molecule has 0 fully saturated rings. The second-order valence-electron chi connectivity index (χ2n) is 21.3. The van der Waals surface area contributed by atoms with Crippen LogP contribution in [-0.2, 0) is 33.3 Å². The Morgan fingerprint density at radius 1 is 0.413 bits per heavy atom. The Morgan fingerprint density at radius 3 is 1.15 bits per heavy atom. The van der Waals surface area contributed by atoms with Crippen molar-refractivity contribution < 1.29 is 42.9 Å². The molecule has 0 aromatic carbocycles. The molecule has 0 spiro atoms. The first kappa shape index (κ1) is 71.2. The van der Waals surface area contributed by atoms with E-state index in [0.29, 0.717) is 17.4 Å². The first-order valence-corrected chi connectivity index (χ1v) is 30.4. The third kappa shape index (κ3) is 57.7. The van der Waals surface area contributed by atoms with Crippen LogP contribution >= 0.6 is 0 Å². The topological polar surface area (TPSA) is 111 Å². The predicted molar refractivity (Wildman–Crippen MR) is 315 cm³/mol. The van der Waals surface area contributed by atoms with Crippen LogP contribution in [0.1, 0.15) is 245 Å². The summed E-state index contributed by atoms with van der Waals surface area (Å²) in [5.41, 5.74) is 0. The van der Waals surface area contributed by atoms with E-state index in [2.05, 4.69) is 111 Å². The van der Waals surface area contributed by atoms with Gasteiger partial charge in [-0.3, -0.25) is 9.59 Å². The van der Waals surface area contributed by atoms with Crippen LogP contribution in [0.15, 0.2) is 97.2 Å². The molecule has 0 saturated heterocycles. The fraction of sp³-hybridized carbons (Fsp3) is 0.712. The molecule has 0 N–H and O–H groups in total. The number of carboxylic acids is 1. The highest BCUT2D eigenvalue weighted by atomic mass is 16.7. The van der Waals surface area contributed by atoms with Crippen LogP contribution in [0, 0.1) is 0 Å². The number of nitrogens with zero attached hydrogens (tertiary/aromatic N) is 1. The van der Waals surface area contributed by atoms with Gasteiger partial charge in [0.1, 0.15) is 13.2 Å². The SMILES string of the molecule is CC/C=C\C/C=C\C/C=C\C/C=C\C/C=C\C/C=C\C/C=C\CCCCCCCCCC(=O)OC(COC(=O)CCCCCCCCCCC/C=C\CCCCCCCCCC)COC(OCC[N+](C)(C)C)C(=O)[O-]. The van der Waals surface area contributed by atoms with E-state index >= 15 is 0 Å². The van der Waals surface area contributed by atoms with Crippen LogP contribution in [-0.4, -0.2) is 82.3 Å². The van der Waals surface area contributed by atoms with E-state index in [9.17, 15) is 19.5 Å². The molecule has 0 aliphatic rings. The maximum atomic E-state index is 12.9. The normalized spacial score (nSPS) is 13.5. The maximum Gasteiger partial charge on any atom is 0.306 e. The number of aliphatic carboxylic acids is 1. The molecule has 0 saturated carbocycles. The van der Waals surface area contributed by atoms with E-state index in [0.717, 1.165) is 89.9 Å². The highest BCUT2D eigenvalue weighted by Gasteiger charge is 2.22. The minimum atomic E-state index is -1.63. The molecule has 9 nitrogen and oxygen atoms in total. The minimum Gasteiger partial charge on any atom is -0.545 e. The molecule has 2 unspecified atom stereocenters. The summed E-state index contributed by atoms with van der Waals surface area (Å²) in [6.45, 7) is 4.62. The highest BCUT2D eigenvalue weighted by Crippen LogP contribution is 2.15. The van der Waals surface area contributed by atoms with Crippen molar-refractivity contribution in [3.63, 3.8) is 0 Å². The molecular weight excluding hydrogens is 935 g/mol. The number of carbonyl (C=O) groups is 3. The van der Waals surface area contributed by atoms with Gasteiger partial charge in [0, 0.05) is 12.8 Å². The average Bonchev–Trinajstić information content (AvgIpc) is 3.38. The van der Waals surface area contributed by atoms with E-state index in [4.69, 9.17) is 18.9 Å². The van der Waals surface area contributed by atoms with Crippen molar-refractivity contribution in [3.05, 3.63) is 97.2 Å². The van der Waals surface area contributed by atoms with Gasteiger partial charge < -0.3 is 33.3 Å². The quantitative estimate of drug-likeness (QED) is 0.0195. The number of unbranched alkanes of at least 4 members (excludes halogenated alkanes) is 24. The van der Waals surface area contributed by atoms with Crippen LogP contribution in [0.25, 0.3) is 0 Å². The standard InChI is InChI=1S/C66H113NO8/c1-6-8-10-12-14-16-18-20-22-24-26-28-29-30-31-32-33-34-35-37-39-41-43-45-47-49-51-53-55-57-64(69)75-62(61-74-66(65(70)71)72-59-58-67(3,4)5)60-73-63(68)56-54-52-50-48-46-44-42-40-38-36-27-25-23-21-19-17-15-13-11-9-7-2/h8,10,14,16,20,22,25-28,30-31,33-34,37,39,62,66H,6-7,9,11-13,15,17-19,21,23-24,29,32,35-36,38,40-61H2,1-5H3/b10-8-,16-14-,22-20-,27-25-,28-26-,31-30-,34-33-,39-37-. The van der Waals surface area contributed by atoms with Crippen molar-refractivity contribution >= 4 is 17.9 Å². The Kier molecular flexibility index (Phi) is 53.6. The van der Waals surface area contributed by atoms with Gasteiger partial charge >= 0.3 is 11.9 Å². The van der Waals surface area contributed by atoms with Crippen molar-refractivity contribution in [1.29, 1.82) is 0 Å². The third-order valence-electron chi connectivity index (χ3n) is 12.8. The fourth-order valence-electron chi connectivity index (χ4n) is 8.16. The molecule has 0 radical (unpaired) electrons. The maximum absolute atomic E-state index is 12.9. The number of carboxylic acid groups (broad SMARTS) is 1. The number of likely N-dealkylation sites (N-methyl/N-ethyl adjacent to an activating group) is 1. The van der Waals surface area contributed by atoms with Crippen LogP contribution in [0.3, 0.4) is 0 Å². The summed E-state index contributed by atoms with van der Waals surface area (Å²) in [5, 5.41) is 11.8. The number of ether oxygens (including phenoxy) is 4. The van der Waals surface area contributed by atoms with Crippen LogP contribution < -0.4 is 5.11 Å². The zero-order valence-corrected chi connectivity index (χ0v) is 48.9. The van der Waals surface area contributed by atoms with Gasteiger partial charge in [0.05, 0.1) is 40.3 Å². The molecule has 0 bridgehead atoms. The number of rotatable bonds is 55. The molecule has 0 aliphatic heterocycles. The third-order valence-corrected chi connectivity index (χ3v) is 12.8. The lowest BCUT2D eigenvalue weighted by Gasteiger charge is -2.26. The van der Waals surface area contributed by atoms with E-state index in [-0.39, 0.29) is 38.6 Å². The van der Waals surface area contributed by atoms with Gasteiger partial charge in [0.2, 0.25) is 0 Å². The van der Waals surface area contributed by atoms with Gasteiger partial charge in [-0.15, -0.1) is 0 Å². The summed E-state index contributed by atoms with van der Waals surface area (Å²) < 4.78 is 22.7. The first-order chi connectivity index (χ1) is 36.6. The second kappa shape index (κ2) is 56.4. The van der Waals surface area contributed by atoms with E-state index in [1.54, 1.807) is 0 Å². The van der Waals surface area contributed by atoms with Crippen molar-refractivity contribution in [1.82, 2.24) is 0 Å². The molecular formula is C66H113NO8. The molecule has 0 rings (SSSR count). The summed E-state index contributed by atoms with van der Waals surface area (Å²) in [6, 6.07) is 0. The number of quaternary nitrogens is 1. The lowest BCUT2D eigenvalue weighted by Crippen LogP contribution is -2.44. The van der Waals surface area contributed by atoms with Gasteiger partial charge in [-0.05, 0) is 96.3 Å². The first-order valence-electron chi connectivity index (χ1n) is 30.4. The molecule has 430 valence electrons. The smallest absolute Gasteiger partial charge is 0.306 e. The summed E-state index contributed by atoms with van der Waals surface area (Å²) in [6.07, 6.45) is 73.1. The predicted octanol–water partition coefficient (Wildman–Crippen LogP) is 16.8. The molecule has 0 amide bonds. The lowest BCUT2D eigenvalue weighted by molar-refractivity contribution is -0.870. The van der Waals surface area contributed by atoms with E-state index < -0.39 is 24.3 Å². The van der Waals surface area contributed by atoms with Gasteiger partial charge in [-0.25, -0.2) is 0 Å². The van der Waals surface area contributed by atoms with E-state index in [1.165, 1.54) is 122 Å². The lowest BCUT2D eigenvalue weighted by atomic mass is 10.1. The molecule has 0 heterocycles. The van der Waals surface area contributed by atoms with Gasteiger partial charge in [-0.1, -0.05) is 233 Å². The number of hydrogen-bond acceptors (Lipinski definition) is 8. The number of hydrogen-bond donors (Lipinski definition) is 0. The largest absolute Gasteiger partial charge is 0.545 e. The Hall–Kier alpha value is -3.79. The molecule has 0 aromatic rings. The Labute approximate surface area is 461 Å². The highest BCUT2D eigenvalue weighted by molar-refractivity contribution is 5.70. The number of allylic oxidation sites excluding steroid dienone is 16. The summed E-state index contributed by atoms with van der Waals surface area (Å²) >= 11 is 0. The van der Waals surface area contributed by atoms with E-state index in [1.807, 2.05) is 21.1 Å². The van der Waals surface area contributed by atoms with Crippen LogP contribution in [0.4, 0.5) is 0 Å². The van der Waals surface area contributed by atoms with Crippen molar-refractivity contribution in [2.75, 3.05) is 47.5 Å². The molecule has 75 heavy (non-hydrogen) atoms. The summed E-state index contributed by atoms with van der Waals surface area (Å²) in [5.74, 6) is -2.30. The molecule has 0 aromatic heterocycles. The van der Waals surface area contributed by atoms with Crippen LogP contribution in [0.5, 0.6) is 0 Å². The van der Waals surface area contributed by atoms with Crippen molar-refractivity contribution in [2.45, 2.75) is 257 Å². The number of esters is 2. The minimum absolute atomic E-state index is 0.141. The van der Waals surface area contributed by atoms with Crippen LogP contribution in [0.2, 0.25) is 0 Å². The van der Waals surface area contributed by atoms with Gasteiger partial charge in [0.25, 0.3) is 0 Å².